The van der Waals surface area contributed by atoms with Crippen LogP contribution >= 0.6 is 0 Å². The van der Waals surface area contributed by atoms with E-state index in [-0.39, 0.29) is 0 Å². The van der Waals surface area contributed by atoms with Crippen LogP contribution in [0.5, 0.6) is 0 Å². The number of nitrogens with one attached hydrogen (secondary N) is 1. The van der Waals surface area contributed by atoms with Crippen molar-refractivity contribution in [3.05, 3.63) is 35.4 Å². The molecule has 0 bridgehead atoms. The molecule has 0 aromatic heterocycles. The van der Waals surface area contributed by atoms with Gasteiger partial charge in [-0.15, -0.1) is 0 Å². The summed E-state index contributed by atoms with van der Waals surface area (Å²) in [6.45, 7) is 2.54. The standard InChI is InChI=1S/C12H14N4/c1-16-6-5-14-12(16)15-9-11-4-2-3-10(7-11)8-13/h2-4,7H,5-6,9H2,1H3,(H,14,15). The van der Waals surface area contributed by atoms with Crippen molar-refractivity contribution >= 4 is 5.96 Å². The van der Waals surface area contributed by atoms with Crippen LogP contribution in [-0.2, 0) is 6.54 Å². The summed E-state index contributed by atoms with van der Waals surface area (Å²) in [6, 6.07) is 9.74. The summed E-state index contributed by atoms with van der Waals surface area (Å²) in [6.07, 6.45) is 0. The first-order valence-corrected chi connectivity index (χ1v) is 5.28. The molecule has 1 N–H and O–H groups in total. The van der Waals surface area contributed by atoms with Crippen LogP contribution in [0.4, 0.5) is 0 Å². The molecule has 1 aromatic carbocycles. The molecule has 1 aliphatic rings. The van der Waals surface area contributed by atoms with Gasteiger partial charge in [-0.25, -0.2) is 0 Å². The Hall–Kier alpha value is -2.02. The van der Waals surface area contributed by atoms with Crippen molar-refractivity contribution in [1.29, 1.82) is 5.26 Å². The van der Waals surface area contributed by atoms with E-state index in [0.29, 0.717) is 12.1 Å². The summed E-state index contributed by atoms with van der Waals surface area (Å²) in [5.41, 5.74) is 1.79. The molecule has 1 aliphatic heterocycles. The van der Waals surface area contributed by atoms with Gasteiger partial charge in [0.05, 0.1) is 18.2 Å². The third-order valence-electron chi connectivity index (χ3n) is 2.57. The lowest BCUT2D eigenvalue weighted by molar-refractivity contribution is 0.534. The van der Waals surface area contributed by atoms with E-state index >= 15 is 0 Å². The van der Waals surface area contributed by atoms with Gasteiger partial charge in [0.2, 0.25) is 0 Å². The molecular weight excluding hydrogens is 200 g/mol. The molecule has 0 unspecified atom stereocenters. The van der Waals surface area contributed by atoms with Crippen molar-refractivity contribution in [2.75, 3.05) is 20.1 Å². The molecule has 0 amide bonds. The number of nitriles is 1. The molecule has 4 heteroatoms. The van der Waals surface area contributed by atoms with Crippen molar-refractivity contribution in [2.24, 2.45) is 4.99 Å². The predicted molar refractivity (Wildman–Crippen MR) is 62.9 cm³/mol. The highest BCUT2D eigenvalue weighted by Crippen LogP contribution is 2.04. The lowest BCUT2D eigenvalue weighted by Crippen LogP contribution is -2.35. The fraction of sp³-hybridized carbons (Fsp3) is 0.333. The van der Waals surface area contributed by atoms with Crippen molar-refractivity contribution < 1.29 is 0 Å². The summed E-state index contributed by atoms with van der Waals surface area (Å²) in [7, 11) is 2.02. The van der Waals surface area contributed by atoms with Gasteiger partial charge in [-0.1, -0.05) is 12.1 Å². The minimum Gasteiger partial charge on any atom is -0.352 e. The molecule has 0 spiro atoms. The molecule has 16 heavy (non-hydrogen) atoms. The minimum absolute atomic E-state index is 0.695. The van der Waals surface area contributed by atoms with Gasteiger partial charge in [-0.05, 0) is 17.7 Å². The second-order valence-electron chi connectivity index (χ2n) is 3.79. The monoisotopic (exact) mass is 214 g/mol. The predicted octanol–water partition coefficient (Wildman–Crippen LogP) is 0.949. The number of nitrogens with zero attached hydrogens (tertiary/aromatic N) is 3. The maximum atomic E-state index is 8.78. The highest BCUT2D eigenvalue weighted by atomic mass is 15.3. The molecular formula is C12H14N4. The van der Waals surface area contributed by atoms with Gasteiger partial charge >= 0.3 is 0 Å². The van der Waals surface area contributed by atoms with Crippen LogP contribution in [0.15, 0.2) is 29.3 Å². The highest BCUT2D eigenvalue weighted by Gasteiger charge is 2.10. The first-order valence-electron chi connectivity index (χ1n) is 5.28. The molecule has 4 nitrogen and oxygen atoms in total. The van der Waals surface area contributed by atoms with Gasteiger partial charge < -0.3 is 10.2 Å². The SMILES string of the molecule is CN1CCN=C1NCc1cccc(C#N)c1. The van der Waals surface area contributed by atoms with E-state index in [9.17, 15) is 0 Å². The van der Waals surface area contributed by atoms with Gasteiger partial charge in [-0.2, -0.15) is 5.26 Å². The molecule has 0 radical (unpaired) electrons. The normalized spacial score (nSPS) is 14.5. The molecule has 0 aliphatic carbocycles. The van der Waals surface area contributed by atoms with Crippen LogP contribution in [0.3, 0.4) is 0 Å². The molecule has 0 atom stereocenters. The largest absolute Gasteiger partial charge is 0.352 e. The van der Waals surface area contributed by atoms with Gasteiger partial charge in [0.1, 0.15) is 0 Å². The Bertz CT molecular complexity index is 445. The average Bonchev–Trinajstić information content (AvgIpc) is 2.72. The Balaban J connectivity index is 1.97. The Kier molecular flexibility index (Phi) is 3.06. The number of guanidine groups is 1. The summed E-state index contributed by atoms with van der Waals surface area (Å²) in [5.74, 6) is 0.933. The van der Waals surface area contributed by atoms with Crippen LogP contribution in [-0.4, -0.2) is 31.0 Å². The van der Waals surface area contributed by atoms with Gasteiger partial charge in [0, 0.05) is 20.1 Å². The molecule has 1 heterocycles. The van der Waals surface area contributed by atoms with Crippen molar-refractivity contribution in [3.8, 4) is 6.07 Å². The highest BCUT2D eigenvalue weighted by molar-refractivity contribution is 5.81. The van der Waals surface area contributed by atoms with Crippen LogP contribution in [0.2, 0.25) is 0 Å². The number of hydrogen-bond donors (Lipinski definition) is 1. The molecule has 82 valence electrons. The zero-order valence-corrected chi connectivity index (χ0v) is 9.27. The number of rotatable bonds is 2. The summed E-state index contributed by atoms with van der Waals surface area (Å²) in [4.78, 5) is 6.43. The maximum Gasteiger partial charge on any atom is 0.194 e. The average molecular weight is 214 g/mol. The summed E-state index contributed by atoms with van der Waals surface area (Å²) >= 11 is 0. The Morgan fingerprint density at radius 2 is 2.44 bits per heavy atom. The van der Waals surface area contributed by atoms with E-state index in [1.165, 1.54) is 0 Å². The lowest BCUT2D eigenvalue weighted by Gasteiger charge is -2.15. The zero-order valence-electron chi connectivity index (χ0n) is 9.27. The minimum atomic E-state index is 0.695. The Labute approximate surface area is 95.2 Å². The topological polar surface area (TPSA) is 51.4 Å². The molecule has 1 aromatic rings. The molecule has 0 saturated carbocycles. The number of likely N-dealkylation sites (N-methyl/N-ethyl adjacent to an activating group) is 1. The van der Waals surface area contributed by atoms with Gasteiger partial charge in [0.25, 0.3) is 0 Å². The van der Waals surface area contributed by atoms with Crippen LogP contribution in [0.25, 0.3) is 0 Å². The van der Waals surface area contributed by atoms with E-state index in [1.54, 1.807) is 0 Å². The Morgan fingerprint density at radius 1 is 1.56 bits per heavy atom. The van der Waals surface area contributed by atoms with Crippen LogP contribution in [0, 0.1) is 11.3 Å². The second kappa shape index (κ2) is 4.67. The summed E-state index contributed by atoms with van der Waals surface area (Å²) in [5, 5.41) is 12.0. The van der Waals surface area contributed by atoms with E-state index in [4.69, 9.17) is 5.26 Å². The van der Waals surface area contributed by atoms with E-state index < -0.39 is 0 Å². The van der Waals surface area contributed by atoms with Crippen LogP contribution in [0.1, 0.15) is 11.1 Å². The molecule has 2 rings (SSSR count). The first-order chi connectivity index (χ1) is 7.79. The second-order valence-corrected chi connectivity index (χ2v) is 3.79. The van der Waals surface area contributed by atoms with Crippen molar-refractivity contribution in [2.45, 2.75) is 6.54 Å². The Morgan fingerprint density at radius 3 is 3.12 bits per heavy atom. The number of aliphatic imine (C=N–C) groups is 1. The quantitative estimate of drug-likeness (QED) is 0.797. The third kappa shape index (κ3) is 2.31. The van der Waals surface area contributed by atoms with Crippen LogP contribution < -0.4 is 5.32 Å². The molecule has 0 fully saturated rings. The number of hydrogen-bond acceptors (Lipinski definition) is 4. The maximum absolute atomic E-state index is 8.78. The number of benzene rings is 1. The first kappa shape index (κ1) is 10.5. The fourth-order valence-electron chi connectivity index (χ4n) is 1.66. The van der Waals surface area contributed by atoms with E-state index in [2.05, 4.69) is 21.3 Å². The van der Waals surface area contributed by atoms with Crippen molar-refractivity contribution in [3.63, 3.8) is 0 Å². The van der Waals surface area contributed by atoms with E-state index in [1.807, 2.05) is 31.3 Å². The zero-order chi connectivity index (χ0) is 11.4. The van der Waals surface area contributed by atoms with E-state index in [0.717, 1.165) is 24.6 Å². The lowest BCUT2D eigenvalue weighted by atomic mass is 10.1. The summed E-state index contributed by atoms with van der Waals surface area (Å²) < 4.78 is 0. The van der Waals surface area contributed by atoms with Gasteiger partial charge in [-0.3, -0.25) is 4.99 Å². The molecule has 0 saturated heterocycles. The van der Waals surface area contributed by atoms with Gasteiger partial charge in [0.15, 0.2) is 5.96 Å². The third-order valence-corrected chi connectivity index (χ3v) is 2.57. The smallest absolute Gasteiger partial charge is 0.194 e. The fourth-order valence-corrected chi connectivity index (χ4v) is 1.66. The van der Waals surface area contributed by atoms with Crippen molar-refractivity contribution in [1.82, 2.24) is 10.2 Å².